The van der Waals surface area contributed by atoms with E-state index >= 15 is 0 Å². The fourth-order valence-corrected chi connectivity index (χ4v) is 2.43. The van der Waals surface area contributed by atoms with Crippen LogP contribution in [0.15, 0.2) is 40.1 Å². The molecular formula is C15H21BrN6. The molecule has 0 aliphatic heterocycles. The van der Waals surface area contributed by atoms with Crippen molar-refractivity contribution in [1.82, 2.24) is 25.0 Å². The topological polar surface area (TPSA) is 58.3 Å². The van der Waals surface area contributed by atoms with Crippen LogP contribution >= 0.6 is 15.9 Å². The highest BCUT2D eigenvalue weighted by molar-refractivity contribution is 9.10. The molecule has 1 aromatic heterocycles. The van der Waals surface area contributed by atoms with Gasteiger partial charge in [-0.15, -0.1) is 10.2 Å². The van der Waals surface area contributed by atoms with E-state index in [9.17, 15) is 0 Å². The Morgan fingerprint density at radius 1 is 1.41 bits per heavy atom. The summed E-state index contributed by atoms with van der Waals surface area (Å²) in [7, 11) is 3.94. The van der Waals surface area contributed by atoms with Crippen molar-refractivity contribution in [1.29, 1.82) is 0 Å². The molecule has 0 fully saturated rings. The van der Waals surface area contributed by atoms with Crippen molar-refractivity contribution < 1.29 is 0 Å². The lowest BCUT2D eigenvalue weighted by Crippen LogP contribution is -2.38. The van der Waals surface area contributed by atoms with Crippen molar-refractivity contribution in [2.75, 3.05) is 13.6 Å². The van der Waals surface area contributed by atoms with Gasteiger partial charge >= 0.3 is 0 Å². The number of benzene rings is 1. The summed E-state index contributed by atoms with van der Waals surface area (Å²) >= 11 is 3.58. The molecule has 0 amide bonds. The second kappa shape index (κ2) is 7.93. The van der Waals surface area contributed by atoms with Crippen LogP contribution in [0.4, 0.5) is 0 Å². The number of nitrogens with zero attached hydrogens (tertiary/aromatic N) is 5. The zero-order valence-electron chi connectivity index (χ0n) is 13.1. The first-order valence-electron chi connectivity index (χ1n) is 7.17. The van der Waals surface area contributed by atoms with Crippen LogP contribution in [0, 0.1) is 0 Å². The minimum absolute atomic E-state index is 0.499. The van der Waals surface area contributed by atoms with Gasteiger partial charge in [0.05, 0.1) is 0 Å². The minimum atomic E-state index is 0.499. The maximum absolute atomic E-state index is 4.64. The predicted molar refractivity (Wildman–Crippen MR) is 91.4 cm³/mol. The van der Waals surface area contributed by atoms with Gasteiger partial charge in [-0.1, -0.05) is 34.1 Å². The molecule has 1 aromatic carbocycles. The first-order valence-corrected chi connectivity index (χ1v) is 7.96. The molecule has 0 unspecified atom stereocenters. The van der Waals surface area contributed by atoms with Crippen LogP contribution in [0.1, 0.15) is 18.3 Å². The van der Waals surface area contributed by atoms with Gasteiger partial charge in [0.15, 0.2) is 11.8 Å². The van der Waals surface area contributed by atoms with E-state index < -0.39 is 0 Å². The van der Waals surface area contributed by atoms with Crippen LogP contribution in [0.2, 0.25) is 0 Å². The quantitative estimate of drug-likeness (QED) is 0.652. The number of nitrogens with one attached hydrogen (secondary N) is 1. The van der Waals surface area contributed by atoms with E-state index in [-0.39, 0.29) is 0 Å². The third-order valence-electron chi connectivity index (χ3n) is 3.24. The Hall–Kier alpha value is -1.89. The second-order valence-corrected chi connectivity index (χ2v) is 5.83. The van der Waals surface area contributed by atoms with Crippen molar-refractivity contribution in [2.45, 2.75) is 20.0 Å². The fourth-order valence-electron chi connectivity index (χ4n) is 2.02. The summed E-state index contributed by atoms with van der Waals surface area (Å²) in [6.45, 7) is 4.15. The number of aromatic nitrogens is 3. The number of guanidine groups is 1. The smallest absolute Gasteiger partial charge is 0.194 e. The molecule has 0 bridgehead atoms. The Balaban J connectivity index is 2.09. The first kappa shape index (κ1) is 16.5. The van der Waals surface area contributed by atoms with E-state index in [0.29, 0.717) is 6.54 Å². The van der Waals surface area contributed by atoms with Gasteiger partial charge in [-0.05, 0) is 18.6 Å². The molecule has 0 aliphatic rings. The van der Waals surface area contributed by atoms with Crippen LogP contribution in [-0.2, 0) is 20.1 Å². The van der Waals surface area contributed by atoms with Crippen molar-refractivity contribution in [3.8, 4) is 0 Å². The summed E-state index contributed by atoms with van der Waals surface area (Å²) in [5, 5.41) is 11.2. The Morgan fingerprint density at radius 3 is 2.82 bits per heavy atom. The van der Waals surface area contributed by atoms with Crippen LogP contribution in [-0.4, -0.2) is 39.2 Å². The standard InChI is InChI=1S/C15H21BrN6/c1-4-17-15(18-9-14-20-19-11-22(14)3)21(2)10-12-7-5-6-8-13(12)16/h5-8,11H,4,9-10H2,1-3H3,(H,17,18). The summed E-state index contributed by atoms with van der Waals surface area (Å²) in [4.78, 5) is 6.73. The summed E-state index contributed by atoms with van der Waals surface area (Å²) in [6.07, 6.45) is 1.68. The Kier molecular flexibility index (Phi) is 5.94. The van der Waals surface area contributed by atoms with Crippen LogP contribution < -0.4 is 5.32 Å². The second-order valence-electron chi connectivity index (χ2n) is 4.98. The minimum Gasteiger partial charge on any atom is -0.357 e. The molecular weight excluding hydrogens is 344 g/mol. The molecule has 0 saturated heterocycles. The van der Waals surface area contributed by atoms with Crippen LogP contribution in [0.25, 0.3) is 0 Å². The normalized spacial score (nSPS) is 11.5. The highest BCUT2D eigenvalue weighted by Gasteiger charge is 2.09. The highest BCUT2D eigenvalue weighted by atomic mass is 79.9. The van der Waals surface area contributed by atoms with E-state index in [1.165, 1.54) is 5.56 Å². The third kappa shape index (κ3) is 4.30. The molecule has 7 heteroatoms. The molecule has 2 rings (SSSR count). The molecule has 6 nitrogen and oxygen atoms in total. The van der Waals surface area contributed by atoms with E-state index in [0.717, 1.165) is 29.3 Å². The molecule has 1 N–H and O–H groups in total. The first-order chi connectivity index (χ1) is 10.6. The monoisotopic (exact) mass is 364 g/mol. The Labute approximate surface area is 139 Å². The van der Waals surface area contributed by atoms with E-state index in [4.69, 9.17) is 0 Å². The Morgan fingerprint density at radius 2 is 2.18 bits per heavy atom. The lowest BCUT2D eigenvalue weighted by atomic mass is 10.2. The van der Waals surface area contributed by atoms with Crippen molar-refractivity contribution in [2.24, 2.45) is 12.0 Å². The van der Waals surface area contributed by atoms with Gasteiger partial charge in [0.25, 0.3) is 0 Å². The van der Waals surface area contributed by atoms with Crippen molar-refractivity contribution in [3.05, 3.63) is 46.5 Å². The number of hydrogen-bond donors (Lipinski definition) is 1. The molecule has 0 saturated carbocycles. The third-order valence-corrected chi connectivity index (χ3v) is 4.01. The number of rotatable bonds is 5. The van der Waals surface area contributed by atoms with E-state index in [1.807, 2.05) is 36.9 Å². The van der Waals surface area contributed by atoms with Gasteiger partial charge in [-0.2, -0.15) is 0 Å². The molecule has 1 heterocycles. The zero-order valence-corrected chi connectivity index (χ0v) is 14.7. The molecule has 2 aromatic rings. The molecule has 22 heavy (non-hydrogen) atoms. The van der Waals surface area contributed by atoms with Gasteiger partial charge < -0.3 is 14.8 Å². The number of aliphatic imine (C=N–C) groups is 1. The van der Waals surface area contributed by atoms with Gasteiger partial charge in [0.2, 0.25) is 0 Å². The van der Waals surface area contributed by atoms with E-state index in [2.05, 4.69) is 54.3 Å². The lowest BCUT2D eigenvalue weighted by Gasteiger charge is -2.22. The van der Waals surface area contributed by atoms with E-state index in [1.54, 1.807) is 6.33 Å². The summed E-state index contributed by atoms with van der Waals surface area (Å²) in [5.74, 6) is 1.69. The van der Waals surface area contributed by atoms with Crippen LogP contribution in [0.5, 0.6) is 0 Å². The maximum Gasteiger partial charge on any atom is 0.194 e. The van der Waals surface area contributed by atoms with Gasteiger partial charge in [-0.25, -0.2) is 4.99 Å². The predicted octanol–water partition coefficient (Wildman–Crippen LogP) is 2.18. The molecule has 0 spiro atoms. The average Bonchev–Trinajstić information content (AvgIpc) is 2.91. The Bertz CT molecular complexity index is 636. The van der Waals surface area contributed by atoms with Gasteiger partial charge in [-0.3, -0.25) is 0 Å². The number of aryl methyl sites for hydroxylation is 1. The fraction of sp³-hybridized carbons (Fsp3) is 0.400. The average molecular weight is 365 g/mol. The molecule has 0 aliphatic carbocycles. The lowest BCUT2D eigenvalue weighted by molar-refractivity contribution is 0.475. The summed E-state index contributed by atoms with van der Waals surface area (Å²) in [5.41, 5.74) is 1.22. The largest absolute Gasteiger partial charge is 0.357 e. The maximum atomic E-state index is 4.64. The molecule has 0 radical (unpaired) electrons. The molecule has 118 valence electrons. The zero-order chi connectivity index (χ0) is 15.9. The van der Waals surface area contributed by atoms with Gasteiger partial charge in [0.1, 0.15) is 12.9 Å². The van der Waals surface area contributed by atoms with Crippen molar-refractivity contribution >= 4 is 21.9 Å². The summed E-state index contributed by atoms with van der Waals surface area (Å²) in [6, 6.07) is 8.21. The van der Waals surface area contributed by atoms with Crippen molar-refractivity contribution in [3.63, 3.8) is 0 Å². The highest BCUT2D eigenvalue weighted by Crippen LogP contribution is 2.17. The van der Waals surface area contributed by atoms with Crippen LogP contribution in [0.3, 0.4) is 0 Å². The summed E-state index contributed by atoms with van der Waals surface area (Å²) < 4.78 is 2.98. The molecule has 0 atom stereocenters. The van der Waals surface area contributed by atoms with Gasteiger partial charge in [0, 0.05) is 31.7 Å². The number of halogens is 1. The SMILES string of the molecule is CCNC(=NCc1nncn1C)N(C)Cc1ccccc1Br. The number of hydrogen-bond acceptors (Lipinski definition) is 3.